The highest BCUT2D eigenvalue weighted by Gasteiger charge is 2.29. The quantitative estimate of drug-likeness (QED) is 0.761. The van der Waals surface area contributed by atoms with Gasteiger partial charge in [0.1, 0.15) is 0 Å². The number of urea groups is 1. The van der Waals surface area contributed by atoms with Crippen molar-refractivity contribution in [2.75, 3.05) is 19.6 Å². The van der Waals surface area contributed by atoms with E-state index in [0.29, 0.717) is 18.2 Å². The van der Waals surface area contributed by atoms with E-state index in [1.165, 1.54) is 31.4 Å². The summed E-state index contributed by atoms with van der Waals surface area (Å²) >= 11 is 0. The third-order valence-electron chi connectivity index (χ3n) is 4.58. The second kappa shape index (κ2) is 9.08. The Morgan fingerprint density at radius 1 is 1.20 bits per heavy atom. The molecule has 1 atom stereocenters. The number of amides is 2. The van der Waals surface area contributed by atoms with Crippen LogP contribution in [0.3, 0.4) is 0 Å². The molecule has 0 spiro atoms. The summed E-state index contributed by atoms with van der Waals surface area (Å²) in [5, 5.41) is 5.45. The second-order valence-electron chi connectivity index (χ2n) is 6.54. The number of alkyl halides is 3. The normalized spacial score (nSPS) is 18.8. The largest absolute Gasteiger partial charge is 0.416 e. The van der Waals surface area contributed by atoms with Gasteiger partial charge in [0.05, 0.1) is 5.56 Å². The van der Waals surface area contributed by atoms with E-state index in [0.717, 1.165) is 31.6 Å². The molecule has 0 saturated carbocycles. The van der Waals surface area contributed by atoms with Crippen LogP contribution in [0.5, 0.6) is 0 Å². The van der Waals surface area contributed by atoms with Crippen molar-refractivity contribution in [3.8, 4) is 0 Å². The number of rotatable bonds is 6. The van der Waals surface area contributed by atoms with Crippen LogP contribution >= 0.6 is 0 Å². The SMILES string of the molecule is CC1CCCCN1CCCNC(=O)NCc1ccc(C(F)(F)F)cc1. The molecule has 2 N–H and O–H groups in total. The van der Waals surface area contributed by atoms with Gasteiger partial charge in [0, 0.05) is 25.7 Å². The van der Waals surface area contributed by atoms with Gasteiger partial charge in [-0.25, -0.2) is 4.79 Å². The molecule has 0 aliphatic carbocycles. The standard InChI is InChI=1S/C18H26F3N3O/c1-14-5-2-3-11-24(14)12-4-10-22-17(25)23-13-15-6-8-16(9-7-15)18(19,20)21/h6-9,14H,2-5,10-13H2,1H3,(H2,22,23,25). The number of nitrogens with zero attached hydrogens (tertiary/aromatic N) is 1. The third-order valence-corrected chi connectivity index (χ3v) is 4.58. The predicted octanol–water partition coefficient (Wildman–Crippen LogP) is 3.77. The van der Waals surface area contributed by atoms with Gasteiger partial charge in [-0.2, -0.15) is 13.2 Å². The molecule has 1 unspecified atom stereocenters. The number of carbonyl (C=O) groups excluding carboxylic acids is 1. The van der Waals surface area contributed by atoms with E-state index in [2.05, 4.69) is 22.5 Å². The highest BCUT2D eigenvalue weighted by molar-refractivity contribution is 5.73. The summed E-state index contributed by atoms with van der Waals surface area (Å²) < 4.78 is 37.4. The minimum Gasteiger partial charge on any atom is -0.338 e. The number of hydrogen-bond donors (Lipinski definition) is 2. The molecule has 1 aliphatic heterocycles. The maximum Gasteiger partial charge on any atom is 0.416 e. The van der Waals surface area contributed by atoms with Crippen LogP contribution in [0.4, 0.5) is 18.0 Å². The van der Waals surface area contributed by atoms with Crippen LogP contribution in [-0.2, 0) is 12.7 Å². The molecule has 1 heterocycles. The van der Waals surface area contributed by atoms with E-state index in [1.807, 2.05) is 0 Å². The summed E-state index contributed by atoms with van der Waals surface area (Å²) in [7, 11) is 0. The summed E-state index contributed by atoms with van der Waals surface area (Å²) in [6, 6.07) is 5.11. The lowest BCUT2D eigenvalue weighted by Crippen LogP contribution is -2.40. The van der Waals surface area contributed by atoms with Crippen molar-refractivity contribution in [3.63, 3.8) is 0 Å². The van der Waals surface area contributed by atoms with E-state index < -0.39 is 11.7 Å². The molecule has 1 aromatic rings. The summed E-state index contributed by atoms with van der Waals surface area (Å²) in [6.45, 7) is 5.13. The minimum absolute atomic E-state index is 0.202. The van der Waals surface area contributed by atoms with Gasteiger partial charge in [-0.1, -0.05) is 18.6 Å². The van der Waals surface area contributed by atoms with E-state index in [9.17, 15) is 18.0 Å². The lowest BCUT2D eigenvalue weighted by Gasteiger charge is -2.33. The molecule has 140 valence electrons. The van der Waals surface area contributed by atoms with E-state index >= 15 is 0 Å². The van der Waals surface area contributed by atoms with Gasteiger partial charge in [-0.3, -0.25) is 0 Å². The zero-order valence-corrected chi connectivity index (χ0v) is 14.5. The number of carbonyl (C=O) groups is 1. The summed E-state index contributed by atoms with van der Waals surface area (Å²) in [5.74, 6) is 0. The maximum atomic E-state index is 12.5. The van der Waals surface area contributed by atoms with Crippen LogP contribution in [0.15, 0.2) is 24.3 Å². The number of nitrogens with one attached hydrogen (secondary N) is 2. The maximum absolute atomic E-state index is 12.5. The summed E-state index contributed by atoms with van der Waals surface area (Å²) in [6.07, 6.45) is 0.321. The van der Waals surface area contributed by atoms with Crippen molar-refractivity contribution < 1.29 is 18.0 Å². The van der Waals surface area contributed by atoms with Gasteiger partial charge in [0.25, 0.3) is 0 Å². The lowest BCUT2D eigenvalue weighted by molar-refractivity contribution is -0.137. The van der Waals surface area contributed by atoms with Crippen LogP contribution in [0.2, 0.25) is 0 Å². The fourth-order valence-corrected chi connectivity index (χ4v) is 3.03. The first-order valence-corrected chi connectivity index (χ1v) is 8.78. The molecule has 4 nitrogen and oxygen atoms in total. The second-order valence-corrected chi connectivity index (χ2v) is 6.54. The van der Waals surface area contributed by atoms with Crippen molar-refractivity contribution >= 4 is 6.03 Å². The Hall–Kier alpha value is -1.76. The molecular weight excluding hydrogens is 331 g/mol. The number of benzene rings is 1. The summed E-state index contributed by atoms with van der Waals surface area (Å²) in [5.41, 5.74) is -0.0575. The molecule has 0 radical (unpaired) electrons. The average Bonchev–Trinajstić information content (AvgIpc) is 2.58. The minimum atomic E-state index is -4.34. The topological polar surface area (TPSA) is 44.4 Å². The molecule has 0 bridgehead atoms. The highest BCUT2D eigenvalue weighted by atomic mass is 19.4. The van der Waals surface area contributed by atoms with Crippen molar-refractivity contribution in [1.82, 2.24) is 15.5 Å². The fraction of sp³-hybridized carbons (Fsp3) is 0.611. The zero-order valence-electron chi connectivity index (χ0n) is 14.5. The first-order chi connectivity index (χ1) is 11.9. The molecule has 7 heteroatoms. The first kappa shape index (κ1) is 19.6. The van der Waals surface area contributed by atoms with Crippen molar-refractivity contribution in [2.45, 2.75) is 51.4 Å². The monoisotopic (exact) mass is 357 g/mol. The van der Waals surface area contributed by atoms with E-state index in [4.69, 9.17) is 0 Å². The Balaban J connectivity index is 1.62. The molecule has 0 aromatic heterocycles. The van der Waals surface area contributed by atoms with Gasteiger partial charge in [-0.05, 0) is 50.4 Å². The number of likely N-dealkylation sites (tertiary alicyclic amines) is 1. The van der Waals surface area contributed by atoms with Crippen molar-refractivity contribution in [2.24, 2.45) is 0 Å². The number of halogens is 3. The predicted molar refractivity (Wildman–Crippen MR) is 91.2 cm³/mol. The fourth-order valence-electron chi connectivity index (χ4n) is 3.03. The van der Waals surface area contributed by atoms with E-state index in [-0.39, 0.29) is 12.6 Å². The molecule has 2 rings (SSSR count). The Bertz CT molecular complexity index is 545. The molecular formula is C18H26F3N3O. The molecule has 2 amide bonds. The Kier molecular flexibility index (Phi) is 7.11. The van der Waals surface area contributed by atoms with Gasteiger partial charge in [0.15, 0.2) is 0 Å². The van der Waals surface area contributed by atoms with Crippen LogP contribution in [0.25, 0.3) is 0 Å². The zero-order chi connectivity index (χ0) is 18.3. The molecule has 25 heavy (non-hydrogen) atoms. The Morgan fingerprint density at radius 3 is 2.56 bits per heavy atom. The Morgan fingerprint density at radius 2 is 1.92 bits per heavy atom. The van der Waals surface area contributed by atoms with Crippen LogP contribution in [-0.4, -0.2) is 36.6 Å². The smallest absolute Gasteiger partial charge is 0.338 e. The van der Waals surface area contributed by atoms with Gasteiger partial charge < -0.3 is 15.5 Å². The van der Waals surface area contributed by atoms with E-state index in [1.54, 1.807) is 0 Å². The van der Waals surface area contributed by atoms with Crippen LogP contribution in [0, 0.1) is 0 Å². The first-order valence-electron chi connectivity index (χ1n) is 8.78. The van der Waals surface area contributed by atoms with Gasteiger partial charge in [-0.15, -0.1) is 0 Å². The number of hydrogen-bond acceptors (Lipinski definition) is 2. The molecule has 1 aliphatic rings. The lowest BCUT2D eigenvalue weighted by atomic mass is 10.0. The van der Waals surface area contributed by atoms with Crippen molar-refractivity contribution in [1.29, 1.82) is 0 Å². The van der Waals surface area contributed by atoms with Crippen molar-refractivity contribution in [3.05, 3.63) is 35.4 Å². The molecule has 1 saturated heterocycles. The summed E-state index contributed by atoms with van der Waals surface area (Å²) in [4.78, 5) is 14.2. The van der Waals surface area contributed by atoms with Crippen LogP contribution in [0.1, 0.15) is 43.7 Å². The number of piperidine rings is 1. The molecule has 1 fully saturated rings. The highest BCUT2D eigenvalue weighted by Crippen LogP contribution is 2.29. The van der Waals surface area contributed by atoms with Crippen LogP contribution < -0.4 is 10.6 Å². The average molecular weight is 357 g/mol. The Labute approximate surface area is 146 Å². The van der Waals surface area contributed by atoms with Gasteiger partial charge >= 0.3 is 12.2 Å². The van der Waals surface area contributed by atoms with Gasteiger partial charge in [0.2, 0.25) is 0 Å². The third kappa shape index (κ3) is 6.57. The molecule has 1 aromatic carbocycles.